The number of nitrogens with one attached hydrogen (secondary N) is 1. The maximum atomic E-state index is 11.5. The molecule has 9 nitrogen and oxygen atoms in total. The Morgan fingerprint density at radius 1 is 1.43 bits per heavy atom. The molecule has 0 amide bonds. The highest BCUT2D eigenvalue weighted by molar-refractivity contribution is 6.30. The summed E-state index contributed by atoms with van der Waals surface area (Å²) in [5.74, 6) is 0. The molecule has 10 heteroatoms. The van der Waals surface area contributed by atoms with Gasteiger partial charge in [0.15, 0.2) is 0 Å². The van der Waals surface area contributed by atoms with E-state index in [1.807, 2.05) is 14.0 Å². The topological polar surface area (TPSA) is 111 Å². The van der Waals surface area contributed by atoms with Gasteiger partial charge >= 0.3 is 11.8 Å². The van der Waals surface area contributed by atoms with Gasteiger partial charge in [0.05, 0.1) is 12.3 Å². The van der Waals surface area contributed by atoms with E-state index in [1.165, 1.54) is 6.07 Å². The van der Waals surface area contributed by atoms with Gasteiger partial charge in [0.2, 0.25) is 0 Å². The standard InChI is InChI=1S/C8H5ClN4O3.C5H13NO/c9-5-2-1-3-6(4-5)12-7(14)13(8(15)16)11-10-12;1-3-7-5-4-6-2/h1-4H,(H,15,16);6H,3-5H2,1-2H3. The molecule has 0 saturated carbocycles. The van der Waals surface area contributed by atoms with Gasteiger partial charge in [-0.15, -0.1) is 0 Å². The maximum Gasteiger partial charge on any atom is 0.438 e. The smallest absolute Gasteiger partial charge is 0.438 e. The summed E-state index contributed by atoms with van der Waals surface area (Å²) in [4.78, 5) is 22.1. The molecule has 2 N–H and O–H groups in total. The average Bonchev–Trinajstić information content (AvgIpc) is 2.90. The summed E-state index contributed by atoms with van der Waals surface area (Å²) in [6, 6.07) is 6.28. The molecular weight excluding hydrogens is 326 g/mol. The molecule has 2 rings (SSSR count). The van der Waals surface area contributed by atoms with E-state index in [9.17, 15) is 9.59 Å². The predicted octanol–water partition coefficient (Wildman–Crippen LogP) is 0.851. The summed E-state index contributed by atoms with van der Waals surface area (Å²) in [5, 5.41) is 18.6. The number of aromatic nitrogens is 4. The number of carbonyl (C=O) groups is 1. The van der Waals surface area contributed by atoms with Crippen molar-refractivity contribution in [1.82, 2.24) is 25.1 Å². The second kappa shape index (κ2) is 9.72. The quantitative estimate of drug-likeness (QED) is 0.611. The van der Waals surface area contributed by atoms with E-state index in [-0.39, 0.29) is 4.68 Å². The van der Waals surface area contributed by atoms with Crippen molar-refractivity contribution < 1.29 is 14.6 Å². The summed E-state index contributed by atoms with van der Waals surface area (Å²) in [6.45, 7) is 4.60. The highest BCUT2D eigenvalue weighted by Crippen LogP contribution is 2.11. The van der Waals surface area contributed by atoms with Crippen molar-refractivity contribution in [2.75, 3.05) is 26.8 Å². The van der Waals surface area contributed by atoms with Crippen LogP contribution in [0.15, 0.2) is 29.1 Å². The van der Waals surface area contributed by atoms with Gasteiger partial charge in [-0.1, -0.05) is 22.3 Å². The molecule has 0 radical (unpaired) electrons. The maximum absolute atomic E-state index is 11.5. The molecule has 0 aliphatic heterocycles. The highest BCUT2D eigenvalue weighted by Gasteiger charge is 2.13. The molecule has 1 aromatic carbocycles. The summed E-state index contributed by atoms with van der Waals surface area (Å²) < 4.78 is 6.10. The van der Waals surface area contributed by atoms with Crippen LogP contribution in [0.2, 0.25) is 5.02 Å². The zero-order chi connectivity index (χ0) is 17.2. The largest absolute Gasteiger partial charge is 0.463 e. The lowest BCUT2D eigenvalue weighted by atomic mass is 10.3. The lowest BCUT2D eigenvalue weighted by Crippen LogP contribution is -2.28. The summed E-state index contributed by atoms with van der Waals surface area (Å²) in [5.41, 5.74) is -0.514. The van der Waals surface area contributed by atoms with Crippen LogP contribution in [0, 0.1) is 0 Å². The minimum absolute atomic E-state index is 0.237. The van der Waals surface area contributed by atoms with E-state index in [2.05, 4.69) is 15.7 Å². The SMILES string of the molecule is CCOCCNC.O=C(O)n1nnn(-c2cccc(Cl)c2)c1=O. The van der Waals surface area contributed by atoms with Crippen molar-refractivity contribution in [2.24, 2.45) is 0 Å². The highest BCUT2D eigenvalue weighted by atomic mass is 35.5. The zero-order valence-corrected chi connectivity index (χ0v) is 13.5. The Balaban J connectivity index is 0.000000322. The number of nitrogens with zero attached hydrogens (tertiary/aromatic N) is 4. The Kier molecular flexibility index (Phi) is 7.95. The third-order valence-electron chi connectivity index (χ3n) is 2.52. The van der Waals surface area contributed by atoms with Crippen molar-refractivity contribution in [1.29, 1.82) is 0 Å². The summed E-state index contributed by atoms with van der Waals surface area (Å²) in [7, 11) is 1.92. The van der Waals surface area contributed by atoms with Crippen molar-refractivity contribution in [2.45, 2.75) is 6.92 Å². The Bertz CT molecular complexity index is 681. The normalized spacial score (nSPS) is 10.0. The number of tetrazole rings is 1. The van der Waals surface area contributed by atoms with E-state index < -0.39 is 11.8 Å². The van der Waals surface area contributed by atoms with Gasteiger partial charge in [-0.25, -0.2) is 9.59 Å². The molecule has 1 aromatic heterocycles. The number of ether oxygens (including phenoxy) is 1. The van der Waals surface area contributed by atoms with Gasteiger partial charge in [-0.05, 0) is 42.6 Å². The number of hydrogen-bond donors (Lipinski definition) is 2. The van der Waals surface area contributed by atoms with Crippen molar-refractivity contribution in [3.05, 3.63) is 39.8 Å². The number of carboxylic acid groups (broad SMARTS) is 1. The number of halogens is 1. The first-order chi connectivity index (χ1) is 11.0. The fourth-order valence-corrected chi connectivity index (χ4v) is 1.64. The molecule has 0 aliphatic carbocycles. The van der Waals surface area contributed by atoms with Crippen molar-refractivity contribution in [3.8, 4) is 5.69 Å². The first-order valence-corrected chi connectivity index (χ1v) is 7.15. The summed E-state index contributed by atoms with van der Waals surface area (Å²) >= 11 is 5.73. The first-order valence-electron chi connectivity index (χ1n) is 6.77. The van der Waals surface area contributed by atoms with E-state index in [0.29, 0.717) is 10.7 Å². The minimum atomic E-state index is -1.49. The van der Waals surface area contributed by atoms with E-state index in [4.69, 9.17) is 21.4 Å². The molecule has 0 unspecified atom stereocenters. The molecule has 0 saturated heterocycles. The number of likely N-dealkylation sites (N-methyl/N-ethyl adjacent to an activating group) is 1. The molecular formula is C13H18ClN5O4. The molecule has 23 heavy (non-hydrogen) atoms. The molecule has 0 atom stereocenters. The fourth-order valence-electron chi connectivity index (χ4n) is 1.45. The van der Waals surface area contributed by atoms with Crippen LogP contribution >= 0.6 is 11.6 Å². The summed E-state index contributed by atoms with van der Waals surface area (Å²) in [6.07, 6.45) is -1.49. The first kappa shape index (κ1) is 18.8. The van der Waals surface area contributed by atoms with Crippen LogP contribution in [0.3, 0.4) is 0 Å². The van der Waals surface area contributed by atoms with E-state index in [0.717, 1.165) is 24.4 Å². The predicted molar refractivity (Wildman–Crippen MR) is 84.5 cm³/mol. The monoisotopic (exact) mass is 343 g/mol. The average molecular weight is 344 g/mol. The van der Waals surface area contributed by atoms with Crippen molar-refractivity contribution in [3.63, 3.8) is 0 Å². The molecule has 0 bridgehead atoms. The second-order valence-corrected chi connectivity index (χ2v) is 4.58. The number of rotatable bonds is 5. The Morgan fingerprint density at radius 2 is 2.17 bits per heavy atom. The number of hydrogen-bond acceptors (Lipinski definition) is 6. The van der Waals surface area contributed by atoms with Gasteiger partial charge in [-0.3, -0.25) is 0 Å². The Hall–Kier alpha value is -2.23. The van der Waals surface area contributed by atoms with Crippen LogP contribution in [0.5, 0.6) is 0 Å². The molecule has 0 fully saturated rings. The zero-order valence-electron chi connectivity index (χ0n) is 12.8. The lowest BCUT2D eigenvalue weighted by Gasteiger charge is -1.97. The Morgan fingerprint density at radius 3 is 2.70 bits per heavy atom. The number of benzene rings is 1. The van der Waals surface area contributed by atoms with Gasteiger partial charge in [0.25, 0.3) is 0 Å². The molecule has 126 valence electrons. The Labute approximate surface area is 137 Å². The van der Waals surface area contributed by atoms with Crippen LogP contribution in [0.25, 0.3) is 5.69 Å². The fraction of sp³-hybridized carbons (Fsp3) is 0.385. The van der Waals surface area contributed by atoms with Crippen LogP contribution in [-0.4, -0.2) is 57.8 Å². The van der Waals surface area contributed by atoms with Crippen molar-refractivity contribution >= 4 is 17.7 Å². The van der Waals surface area contributed by atoms with Gasteiger partial charge < -0.3 is 15.2 Å². The second-order valence-electron chi connectivity index (χ2n) is 4.15. The third-order valence-corrected chi connectivity index (χ3v) is 2.75. The third kappa shape index (κ3) is 5.81. The molecule has 0 aliphatic rings. The van der Waals surface area contributed by atoms with E-state index in [1.54, 1.807) is 18.2 Å². The van der Waals surface area contributed by atoms with Gasteiger partial charge in [0, 0.05) is 18.2 Å². The van der Waals surface area contributed by atoms with Crippen LogP contribution in [-0.2, 0) is 4.74 Å². The van der Waals surface area contributed by atoms with E-state index >= 15 is 0 Å². The van der Waals surface area contributed by atoms with Gasteiger partial charge in [0.1, 0.15) is 0 Å². The van der Waals surface area contributed by atoms with Crippen LogP contribution in [0.1, 0.15) is 6.92 Å². The van der Waals surface area contributed by atoms with Crippen LogP contribution < -0.4 is 11.0 Å². The molecule has 0 spiro atoms. The van der Waals surface area contributed by atoms with Gasteiger partial charge in [-0.2, -0.15) is 4.68 Å². The lowest BCUT2D eigenvalue weighted by molar-refractivity contribution is 0.151. The molecule has 1 heterocycles. The minimum Gasteiger partial charge on any atom is -0.463 e. The van der Waals surface area contributed by atoms with Crippen LogP contribution in [0.4, 0.5) is 4.79 Å². The molecule has 2 aromatic rings.